The number of hydrogen-bond acceptors (Lipinski definition) is 5. The van der Waals surface area contributed by atoms with Gasteiger partial charge in [-0.3, -0.25) is 0 Å². The average molecular weight is 241 g/mol. The Bertz CT molecular complexity index is 437. The van der Waals surface area contributed by atoms with Crippen molar-refractivity contribution in [2.45, 2.75) is 25.7 Å². The number of aromatic nitrogens is 1. The summed E-state index contributed by atoms with van der Waals surface area (Å²) < 4.78 is 4.95. The van der Waals surface area contributed by atoms with Crippen molar-refractivity contribution in [3.05, 3.63) is 11.8 Å². The standard InChI is InChI=1S/C10H15N3O4/c1-10(2,16)6-4-7(11-17-6)13-8(14)5-12(3)9(13)15/h4,8,14,16H,5H2,1-3H3. The molecule has 0 spiro atoms. The van der Waals surface area contributed by atoms with E-state index < -0.39 is 11.8 Å². The van der Waals surface area contributed by atoms with E-state index in [9.17, 15) is 15.0 Å². The molecule has 0 radical (unpaired) electrons. The van der Waals surface area contributed by atoms with Crippen molar-refractivity contribution in [2.75, 3.05) is 18.5 Å². The van der Waals surface area contributed by atoms with Gasteiger partial charge in [0.1, 0.15) is 5.60 Å². The lowest BCUT2D eigenvalue weighted by atomic mass is 10.1. The SMILES string of the molecule is CN1CC(O)N(c2cc(C(C)(C)O)on2)C1=O. The Hall–Kier alpha value is -1.60. The fourth-order valence-electron chi connectivity index (χ4n) is 1.63. The van der Waals surface area contributed by atoms with E-state index in [4.69, 9.17) is 4.52 Å². The number of likely N-dealkylation sites (N-methyl/N-ethyl adjacent to an activating group) is 1. The number of nitrogens with zero attached hydrogens (tertiary/aromatic N) is 3. The van der Waals surface area contributed by atoms with Crippen LogP contribution in [0.4, 0.5) is 10.6 Å². The van der Waals surface area contributed by atoms with Crippen LogP contribution in [-0.2, 0) is 5.60 Å². The maximum absolute atomic E-state index is 11.7. The first-order chi connectivity index (χ1) is 7.80. The second-order valence-corrected chi connectivity index (χ2v) is 4.62. The number of amides is 2. The summed E-state index contributed by atoms with van der Waals surface area (Å²) in [7, 11) is 1.59. The summed E-state index contributed by atoms with van der Waals surface area (Å²) in [6.07, 6.45) is -0.952. The van der Waals surface area contributed by atoms with Crippen LogP contribution in [0.25, 0.3) is 0 Å². The average Bonchev–Trinajstić information content (AvgIpc) is 2.73. The number of carbonyl (C=O) groups excluding carboxylic acids is 1. The number of aliphatic hydroxyl groups is 2. The third-order valence-electron chi connectivity index (χ3n) is 2.62. The van der Waals surface area contributed by atoms with Crippen molar-refractivity contribution >= 4 is 11.8 Å². The summed E-state index contributed by atoms with van der Waals surface area (Å²) in [5.41, 5.74) is -1.18. The third kappa shape index (κ3) is 1.98. The molecule has 7 nitrogen and oxygen atoms in total. The molecular formula is C10H15N3O4. The largest absolute Gasteiger partial charge is 0.382 e. The summed E-state index contributed by atoms with van der Waals surface area (Å²) in [4.78, 5) is 14.2. The number of aliphatic hydroxyl groups excluding tert-OH is 1. The molecule has 94 valence electrons. The fourth-order valence-corrected chi connectivity index (χ4v) is 1.63. The van der Waals surface area contributed by atoms with Crippen molar-refractivity contribution in [1.82, 2.24) is 10.1 Å². The molecule has 7 heteroatoms. The molecule has 2 amide bonds. The number of rotatable bonds is 2. The third-order valence-corrected chi connectivity index (χ3v) is 2.62. The summed E-state index contributed by atoms with van der Waals surface area (Å²) in [5, 5.41) is 23.1. The van der Waals surface area contributed by atoms with E-state index in [0.29, 0.717) is 0 Å². The van der Waals surface area contributed by atoms with Gasteiger partial charge in [0.25, 0.3) is 0 Å². The van der Waals surface area contributed by atoms with E-state index in [1.165, 1.54) is 11.0 Å². The van der Waals surface area contributed by atoms with E-state index in [2.05, 4.69) is 5.16 Å². The molecule has 2 heterocycles. The highest BCUT2D eigenvalue weighted by molar-refractivity contribution is 5.93. The van der Waals surface area contributed by atoms with Gasteiger partial charge in [-0.25, -0.2) is 9.69 Å². The van der Waals surface area contributed by atoms with Gasteiger partial charge in [-0.05, 0) is 13.8 Å². The molecular weight excluding hydrogens is 226 g/mol. The molecule has 2 rings (SSSR count). The normalized spacial score (nSPS) is 21.5. The Morgan fingerprint density at radius 3 is 2.65 bits per heavy atom. The quantitative estimate of drug-likeness (QED) is 0.766. The van der Waals surface area contributed by atoms with Gasteiger partial charge in [0.05, 0.1) is 6.54 Å². The van der Waals surface area contributed by atoms with E-state index in [-0.39, 0.29) is 24.2 Å². The highest BCUT2D eigenvalue weighted by Gasteiger charge is 2.37. The second kappa shape index (κ2) is 3.71. The Balaban J connectivity index is 2.29. The van der Waals surface area contributed by atoms with Crippen LogP contribution in [0.3, 0.4) is 0 Å². The van der Waals surface area contributed by atoms with Crippen LogP contribution in [0.2, 0.25) is 0 Å². The monoisotopic (exact) mass is 241 g/mol. The summed E-state index contributed by atoms with van der Waals surface area (Å²) in [5.74, 6) is 0.436. The highest BCUT2D eigenvalue weighted by atomic mass is 16.5. The zero-order valence-corrected chi connectivity index (χ0v) is 9.91. The second-order valence-electron chi connectivity index (χ2n) is 4.62. The van der Waals surface area contributed by atoms with Crippen LogP contribution in [0.1, 0.15) is 19.6 Å². The van der Waals surface area contributed by atoms with E-state index >= 15 is 0 Å². The number of β-amino-alcohol motifs (C(OH)–C–C–N with tert-alkyl or cyclic N) is 1. The molecule has 1 aromatic rings. The maximum atomic E-state index is 11.7. The smallest absolute Gasteiger partial charge is 0.327 e. The zero-order valence-electron chi connectivity index (χ0n) is 9.91. The minimum atomic E-state index is -1.18. The predicted molar refractivity (Wildman–Crippen MR) is 58.3 cm³/mol. The molecule has 1 saturated heterocycles. The summed E-state index contributed by atoms with van der Waals surface area (Å²) in [6.45, 7) is 3.31. The molecule has 1 aliphatic heterocycles. The Morgan fingerprint density at radius 2 is 2.24 bits per heavy atom. The Morgan fingerprint density at radius 1 is 1.59 bits per heavy atom. The van der Waals surface area contributed by atoms with Gasteiger partial charge in [0.2, 0.25) is 0 Å². The summed E-state index contributed by atoms with van der Waals surface area (Å²) >= 11 is 0. The maximum Gasteiger partial charge on any atom is 0.327 e. The molecule has 1 unspecified atom stereocenters. The van der Waals surface area contributed by atoms with Gasteiger partial charge < -0.3 is 19.6 Å². The van der Waals surface area contributed by atoms with Crippen molar-refractivity contribution < 1.29 is 19.5 Å². The van der Waals surface area contributed by atoms with Gasteiger partial charge in [-0.1, -0.05) is 5.16 Å². The Labute approximate surface area is 98.2 Å². The number of carbonyl (C=O) groups is 1. The van der Waals surface area contributed by atoms with Gasteiger partial charge in [0, 0.05) is 13.1 Å². The van der Waals surface area contributed by atoms with Crippen LogP contribution in [0.15, 0.2) is 10.6 Å². The lowest BCUT2D eigenvalue weighted by molar-refractivity contribution is 0.0475. The van der Waals surface area contributed by atoms with Crippen LogP contribution in [0.5, 0.6) is 0 Å². The topological polar surface area (TPSA) is 90.0 Å². The van der Waals surface area contributed by atoms with Crippen molar-refractivity contribution in [2.24, 2.45) is 0 Å². The van der Waals surface area contributed by atoms with E-state index in [0.717, 1.165) is 4.90 Å². The molecule has 1 fully saturated rings. The molecule has 0 aromatic carbocycles. The minimum absolute atomic E-state index is 0.198. The first kappa shape index (κ1) is 11.9. The number of hydrogen-bond donors (Lipinski definition) is 2. The Kier molecular flexibility index (Phi) is 2.59. The van der Waals surface area contributed by atoms with Crippen molar-refractivity contribution in [3.8, 4) is 0 Å². The number of anilines is 1. The zero-order chi connectivity index (χ0) is 12.8. The van der Waals surface area contributed by atoms with Gasteiger partial charge in [-0.15, -0.1) is 0 Å². The molecule has 2 N–H and O–H groups in total. The molecule has 1 atom stereocenters. The lowest BCUT2D eigenvalue weighted by Gasteiger charge is -2.15. The molecule has 1 aliphatic rings. The van der Waals surface area contributed by atoms with Crippen LogP contribution >= 0.6 is 0 Å². The molecule has 0 bridgehead atoms. The van der Waals surface area contributed by atoms with Crippen LogP contribution in [0, 0.1) is 0 Å². The van der Waals surface area contributed by atoms with Crippen molar-refractivity contribution in [3.63, 3.8) is 0 Å². The molecule has 1 aromatic heterocycles. The minimum Gasteiger partial charge on any atom is -0.382 e. The fraction of sp³-hybridized carbons (Fsp3) is 0.600. The van der Waals surface area contributed by atoms with Gasteiger partial charge >= 0.3 is 6.03 Å². The molecule has 17 heavy (non-hydrogen) atoms. The number of urea groups is 1. The van der Waals surface area contributed by atoms with Crippen LogP contribution < -0.4 is 4.90 Å². The predicted octanol–water partition coefficient (Wildman–Crippen LogP) is 0.0922. The first-order valence-corrected chi connectivity index (χ1v) is 5.22. The van der Waals surface area contributed by atoms with Gasteiger partial charge in [0.15, 0.2) is 17.8 Å². The lowest BCUT2D eigenvalue weighted by Crippen LogP contribution is -2.34. The highest BCUT2D eigenvalue weighted by Crippen LogP contribution is 2.27. The van der Waals surface area contributed by atoms with E-state index in [1.54, 1.807) is 20.9 Å². The summed E-state index contributed by atoms with van der Waals surface area (Å²) in [6, 6.07) is 1.09. The van der Waals surface area contributed by atoms with E-state index in [1.807, 2.05) is 0 Å². The molecule has 0 saturated carbocycles. The van der Waals surface area contributed by atoms with Gasteiger partial charge in [-0.2, -0.15) is 0 Å². The van der Waals surface area contributed by atoms with Crippen LogP contribution in [-0.4, -0.2) is 46.1 Å². The van der Waals surface area contributed by atoms with Crippen molar-refractivity contribution in [1.29, 1.82) is 0 Å². The first-order valence-electron chi connectivity index (χ1n) is 5.22. The molecule has 0 aliphatic carbocycles.